The molecule has 1 saturated heterocycles. The van der Waals surface area contributed by atoms with Gasteiger partial charge in [-0.2, -0.15) is 0 Å². The Morgan fingerprint density at radius 2 is 2.12 bits per heavy atom. The Kier molecular flexibility index (Phi) is 5.02. The van der Waals surface area contributed by atoms with Crippen LogP contribution in [0.15, 0.2) is 35.1 Å². The van der Waals surface area contributed by atoms with Crippen molar-refractivity contribution in [2.75, 3.05) is 18.0 Å². The highest BCUT2D eigenvalue weighted by Crippen LogP contribution is 2.24. The van der Waals surface area contributed by atoms with Crippen LogP contribution in [0, 0.1) is 12.8 Å². The van der Waals surface area contributed by atoms with Gasteiger partial charge in [-0.25, -0.2) is 4.98 Å². The smallest absolute Gasteiger partial charge is 0.287 e. The first kappa shape index (κ1) is 17.0. The van der Waals surface area contributed by atoms with Crippen molar-refractivity contribution < 1.29 is 14.0 Å². The lowest BCUT2D eigenvalue weighted by atomic mass is 9.96. The molecule has 0 unspecified atom stereocenters. The average Bonchev–Trinajstić information content (AvgIpc) is 3.06. The number of rotatable bonds is 5. The second-order valence-corrected chi connectivity index (χ2v) is 6.27. The molecule has 0 saturated carbocycles. The van der Waals surface area contributed by atoms with E-state index in [1.54, 1.807) is 12.3 Å². The molecule has 0 atom stereocenters. The third kappa shape index (κ3) is 3.81. The number of primary amides is 1. The molecular weight excluding hydrogens is 320 g/mol. The summed E-state index contributed by atoms with van der Waals surface area (Å²) in [5.41, 5.74) is 7.12. The number of nitrogens with one attached hydrogen (secondary N) is 1. The number of nitrogens with zero attached hydrogens (tertiary/aromatic N) is 2. The number of furan rings is 1. The van der Waals surface area contributed by atoms with Gasteiger partial charge in [0, 0.05) is 42.9 Å². The van der Waals surface area contributed by atoms with E-state index in [2.05, 4.69) is 15.2 Å². The first-order valence-corrected chi connectivity index (χ1v) is 8.36. The van der Waals surface area contributed by atoms with Crippen LogP contribution >= 0.6 is 0 Å². The van der Waals surface area contributed by atoms with Crippen LogP contribution in [0.5, 0.6) is 0 Å². The molecule has 3 N–H and O–H groups in total. The van der Waals surface area contributed by atoms with Gasteiger partial charge in [-0.3, -0.25) is 9.59 Å². The van der Waals surface area contributed by atoms with Crippen molar-refractivity contribution >= 4 is 17.6 Å². The lowest BCUT2D eigenvalue weighted by molar-refractivity contribution is -0.122. The summed E-state index contributed by atoms with van der Waals surface area (Å²) in [6, 6.07) is 5.55. The molecule has 132 valence electrons. The maximum absolute atomic E-state index is 12.2. The number of hydrogen-bond acceptors (Lipinski definition) is 5. The molecule has 0 spiro atoms. The van der Waals surface area contributed by atoms with Gasteiger partial charge in [-0.1, -0.05) is 6.07 Å². The molecule has 1 fully saturated rings. The summed E-state index contributed by atoms with van der Waals surface area (Å²) >= 11 is 0. The molecule has 7 nitrogen and oxygen atoms in total. The normalized spacial score (nSPS) is 15.2. The number of amides is 2. The van der Waals surface area contributed by atoms with E-state index in [-0.39, 0.29) is 17.7 Å². The van der Waals surface area contributed by atoms with Crippen LogP contribution in [0.1, 0.15) is 34.5 Å². The molecule has 3 rings (SSSR count). The molecular formula is C18H22N4O3. The number of aromatic nitrogens is 1. The monoisotopic (exact) mass is 342 g/mol. The van der Waals surface area contributed by atoms with Crippen LogP contribution in [0.4, 0.5) is 5.82 Å². The average molecular weight is 342 g/mol. The van der Waals surface area contributed by atoms with Gasteiger partial charge in [0.2, 0.25) is 5.91 Å². The van der Waals surface area contributed by atoms with E-state index in [4.69, 9.17) is 10.2 Å². The van der Waals surface area contributed by atoms with Crippen LogP contribution in [0.25, 0.3) is 0 Å². The summed E-state index contributed by atoms with van der Waals surface area (Å²) in [6.45, 7) is 3.64. The summed E-state index contributed by atoms with van der Waals surface area (Å²) in [5.74, 6) is 0.617. The summed E-state index contributed by atoms with van der Waals surface area (Å²) in [5, 5.41) is 2.88. The molecule has 2 aromatic heterocycles. The number of carbonyl (C=O) groups is 2. The second kappa shape index (κ2) is 7.38. The SMILES string of the molecule is Cc1ccoc1C(=O)NCc1cccnc1N1CCC(C(N)=O)CC1. The standard InChI is InChI=1S/C18H22N4O3/c1-12-6-10-25-15(12)18(24)21-11-14-3-2-7-20-17(14)22-8-4-13(5-9-22)16(19)23/h2-3,6-7,10,13H,4-5,8-9,11H2,1H3,(H2,19,23)(H,21,24). The number of nitrogens with two attached hydrogens (primary N) is 1. The van der Waals surface area contributed by atoms with Gasteiger partial charge >= 0.3 is 0 Å². The van der Waals surface area contributed by atoms with Crippen molar-refractivity contribution in [2.24, 2.45) is 11.7 Å². The van der Waals surface area contributed by atoms with Crippen molar-refractivity contribution in [1.82, 2.24) is 10.3 Å². The predicted molar refractivity (Wildman–Crippen MR) is 93.0 cm³/mol. The van der Waals surface area contributed by atoms with E-state index in [1.807, 2.05) is 19.1 Å². The second-order valence-electron chi connectivity index (χ2n) is 6.27. The number of hydrogen-bond donors (Lipinski definition) is 2. The van der Waals surface area contributed by atoms with Gasteiger partial charge in [-0.05, 0) is 31.9 Å². The highest BCUT2D eigenvalue weighted by Gasteiger charge is 2.25. The van der Waals surface area contributed by atoms with Gasteiger partial charge in [0.15, 0.2) is 5.76 Å². The minimum Gasteiger partial charge on any atom is -0.459 e. The van der Waals surface area contributed by atoms with Gasteiger partial charge in [0.1, 0.15) is 5.82 Å². The van der Waals surface area contributed by atoms with Crippen molar-refractivity contribution in [3.63, 3.8) is 0 Å². The maximum Gasteiger partial charge on any atom is 0.287 e. The molecule has 0 aromatic carbocycles. The number of pyridine rings is 1. The zero-order chi connectivity index (χ0) is 17.8. The topological polar surface area (TPSA) is 101 Å². The number of carbonyl (C=O) groups excluding carboxylic acids is 2. The van der Waals surface area contributed by atoms with Gasteiger partial charge in [0.05, 0.1) is 6.26 Å². The van der Waals surface area contributed by atoms with Crippen molar-refractivity contribution in [3.8, 4) is 0 Å². The molecule has 2 amide bonds. The van der Waals surface area contributed by atoms with Crippen molar-refractivity contribution in [2.45, 2.75) is 26.3 Å². The molecule has 0 bridgehead atoms. The Balaban J connectivity index is 1.66. The van der Waals surface area contributed by atoms with Crippen LogP contribution in [-0.4, -0.2) is 29.9 Å². The quantitative estimate of drug-likeness (QED) is 0.860. The Morgan fingerprint density at radius 1 is 1.36 bits per heavy atom. The predicted octanol–water partition coefficient (Wildman–Crippen LogP) is 1.61. The number of anilines is 1. The maximum atomic E-state index is 12.2. The molecule has 3 heterocycles. The largest absolute Gasteiger partial charge is 0.459 e. The van der Waals surface area contributed by atoms with Gasteiger partial charge in [0.25, 0.3) is 5.91 Å². The fraction of sp³-hybridized carbons (Fsp3) is 0.389. The van der Waals surface area contributed by atoms with Crippen LogP contribution < -0.4 is 16.0 Å². The van der Waals surface area contributed by atoms with Crippen LogP contribution in [-0.2, 0) is 11.3 Å². The molecule has 0 radical (unpaired) electrons. The van der Waals surface area contributed by atoms with E-state index in [9.17, 15) is 9.59 Å². The fourth-order valence-corrected chi connectivity index (χ4v) is 3.09. The zero-order valence-electron chi connectivity index (χ0n) is 14.2. The summed E-state index contributed by atoms with van der Waals surface area (Å²) in [7, 11) is 0. The lowest BCUT2D eigenvalue weighted by Crippen LogP contribution is -2.39. The lowest BCUT2D eigenvalue weighted by Gasteiger charge is -2.32. The number of aryl methyl sites for hydroxylation is 1. The third-order valence-corrected chi connectivity index (χ3v) is 4.57. The van der Waals surface area contributed by atoms with E-state index in [0.29, 0.717) is 12.3 Å². The Hall–Kier alpha value is -2.83. The van der Waals surface area contributed by atoms with E-state index >= 15 is 0 Å². The van der Waals surface area contributed by atoms with E-state index in [1.165, 1.54) is 6.26 Å². The van der Waals surface area contributed by atoms with E-state index in [0.717, 1.165) is 42.9 Å². The van der Waals surface area contributed by atoms with Crippen molar-refractivity contribution in [1.29, 1.82) is 0 Å². The molecule has 1 aliphatic heterocycles. The van der Waals surface area contributed by atoms with Crippen LogP contribution in [0.3, 0.4) is 0 Å². The molecule has 7 heteroatoms. The Morgan fingerprint density at radius 3 is 2.76 bits per heavy atom. The molecule has 0 aliphatic carbocycles. The molecule has 2 aromatic rings. The third-order valence-electron chi connectivity index (χ3n) is 4.57. The minimum absolute atomic E-state index is 0.0648. The Bertz CT molecular complexity index is 763. The highest BCUT2D eigenvalue weighted by atomic mass is 16.3. The first-order chi connectivity index (χ1) is 12.1. The van der Waals surface area contributed by atoms with E-state index < -0.39 is 0 Å². The van der Waals surface area contributed by atoms with Crippen molar-refractivity contribution in [3.05, 3.63) is 47.5 Å². The summed E-state index contributed by atoms with van der Waals surface area (Å²) < 4.78 is 5.21. The first-order valence-electron chi connectivity index (χ1n) is 8.36. The van der Waals surface area contributed by atoms with Crippen LogP contribution in [0.2, 0.25) is 0 Å². The zero-order valence-corrected chi connectivity index (χ0v) is 14.2. The Labute approximate surface area is 146 Å². The van der Waals surface area contributed by atoms with Gasteiger partial charge in [-0.15, -0.1) is 0 Å². The molecule has 1 aliphatic rings. The fourth-order valence-electron chi connectivity index (χ4n) is 3.09. The number of piperidine rings is 1. The minimum atomic E-state index is -0.246. The van der Waals surface area contributed by atoms with Gasteiger partial charge < -0.3 is 20.4 Å². The molecule has 25 heavy (non-hydrogen) atoms. The highest BCUT2D eigenvalue weighted by molar-refractivity contribution is 5.92. The summed E-state index contributed by atoms with van der Waals surface area (Å²) in [6.07, 6.45) is 4.69. The summed E-state index contributed by atoms with van der Waals surface area (Å²) in [4.78, 5) is 30.1.